The van der Waals surface area contributed by atoms with Gasteiger partial charge in [0, 0.05) is 25.8 Å². The Bertz CT molecular complexity index is 900. The average Bonchev–Trinajstić information content (AvgIpc) is 3.00. The molecule has 1 heterocycles. The number of carbonyl (C=O) groups is 2. The van der Waals surface area contributed by atoms with Crippen LogP contribution in [0.25, 0.3) is 0 Å². The van der Waals surface area contributed by atoms with Gasteiger partial charge in [-0.2, -0.15) is 5.10 Å². The molecule has 26 heavy (non-hydrogen) atoms. The molecule has 0 fully saturated rings. The summed E-state index contributed by atoms with van der Waals surface area (Å²) in [5.41, 5.74) is 3.07. The van der Waals surface area contributed by atoms with Gasteiger partial charge in [0.1, 0.15) is 0 Å². The van der Waals surface area contributed by atoms with E-state index in [0.717, 1.165) is 0 Å². The highest BCUT2D eigenvalue weighted by atomic mass is 79.9. The summed E-state index contributed by atoms with van der Waals surface area (Å²) < 4.78 is 11.2. The van der Waals surface area contributed by atoms with Crippen LogP contribution in [-0.2, 0) is 9.59 Å². The lowest BCUT2D eigenvalue weighted by atomic mass is 10.2. The summed E-state index contributed by atoms with van der Waals surface area (Å²) in [5, 5.41) is 6.80. The van der Waals surface area contributed by atoms with Crippen molar-refractivity contribution in [3.63, 3.8) is 0 Å². The first-order chi connectivity index (χ1) is 12.4. The van der Waals surface area contributed by atoms with Crippen LogP contribution in [-0.4, -0.2) is 24.8 Å². The molecule has 2 amide bonds. The monoisotopic (exact) mass is 457 g/mol. The lowest BCUT2D eigenvalue weighted by Crippen LogP contribution is -2.32. The average molecular weight is 459 g/mol. The minimum absolute atomic E-state index is 0.146. The molecule has 2 aromatic carbocycles. The van der Waals surface area contributed by atoms with E-state index in [1.54, 1.807) is 12.1 Å². The summed E-state index contributed by atoms with van der Waals surface area (Å²) in [4.78, 5) is 23.7. The molecular formula is C16H10BrCl2N3O4. The number of carbonyl (C=O) groups excluding carboxylic acids is 2. The first kappa shape index (κ1) is 18.5. The molecule has 0 aliphatic carbocycles. The van der Waals surface area contributed by atoms with Crippen LogP contribution in [0.2, 0.25) is 10.0 Å². The second kappa shape index (κ2) is 7.94. The van der Waals surface area contributed by atoms with Crippen molar-refractivity contribution in [3.8, 4) is 11.5 Å². The number of fused-ring (bicyclic) bond motifs is 1. The summed E-state index contributed by atoms with van der Waals surface area (Å²) in [6.07, 6.45) is 1.37. The largest absolute Gasteiger partial charge is 0.454 e. The number of hydrogen-bond acceptors (Lipinski definition) is 5. The Hall–Kier alpha value is -2.29. The quantitative estimate of drug-likeness (QED) is 0.418. The lowest BCUT2D eigenvalue weighted by Gasteiger charge is -2.05. The van der Waals surface area contributed by atoms with Gasteiger partial charge in [0.25, 0.3) is 0 Å². The smallest absolute Gasteiger partial charge is 0.329 e. The second-order valence-electron chi connectivity index (χ2n) is 5.04. The third-order valence-electron chi connectivity index (χ3n) is 3.19. The topological polar surface area (TPSA) is 89.0 Å². The maximum atomic E-state index is 11.9. The van der Waals surface area contributed by atoms with Crippen molar-refractivity contribution in [2.24, 2.45) is 5.10 Å². The van der Waals surface area contributed by atoms with E-state index in [0.29, 0.717) is 37.3 Å². The molecule has 1 aliphatic heterocycles. The molecule has 0 bridgehead atoms. The SMILES string of the molecule is O=C(N/N=C\c1cc2c(cc1Br)OCO2)C(=O)Nc1cc(Cl)cc(Cl)c1. The van der Waals surface area contributed by atoms with Gasteiger partial charge in [-0.05, 0) is 46.3 Å². The van der Waals surface area contributed by atoms with E-state index in [-0.39, 0.29) is 6.79 Å². The zero-order valence-corrected chi connectivity index (χ0v) is 16.0. The maximum Gasteiger partial charge on any atom is 0.329 e. The van der Waals surface area contributed by atoms with Crippen LogP contribution in [0.5, 0.6) is 11.5 Å². The van der Waals surface area contributed by atoms with Crippen molar-refractivity contribution in [1.29, 1.82) is 0 Å². The summed E-state index contributed by atoms with van der Waals surface area (Å²) >= 11 is 15.0. The number of benzene rings is 2. The van der Waals surface area contributed by atoms with Gasteiger partial charge in [0.2, 0.25) is 6.79 Å². The van der Waals surface area contributed by atoms with Gasteiger partial charge in [-0.25, -0.2) is 5.43 Å². The first-order valence-electron chi connectivity index (χ1n) is 7.12. The van der Waals surface area contributed by atoms with Gasteiger partial charge in [0.15, 0.2) is 11.5 Å². The van der Waals surface area contributed by atoms with E-state index in [2.05, 4.69) is 31.8 Å². The van der Waals surface area contributed by atoms with Crippen LogP contribution in [0, 0.1) is 0 Å². The van der Waals surface area contributed by atoms with Gasteiger partial charge in [-0.15, -0.1) is 0 Å². The van der Waals surface area contributed by atoms with Gasteiger partial charge < -0.3 is 14.8 Å². The summed E-state index contributed by atoms with van der Waals surface area (Å²) in [6.45, 7) is 0.146. The van der Waals surface area contributed by atoms with Gasteiger partial charge >= 0.3 is 11.8 Å². The second-order valence-corrected chi connectivity index (χ2v) is 6.77. The van der Waals surface area contributed by atoms with E-state index >= 15 is 0 Å². The van der Waals surface area contributed by atoms with Crippen molar-refractivity contribution >= 4 is 62.8 Å². The Morgan fingerprint density at radius 1 is 1.04 bits per heavy atom. The van der Waals surface area contributed by atoms with Crippen LogP contribution in [0.4, 0.5) is 5.69 Å². The molecule has 0 saturated carbocycles. The van der Waals surface area contributed by atoms with Crippen molar-refractivity contribution in [2.45, 2.75) is 0 Å². The lowest BCUT2D eigenvalue weighted by molar-refractivity contribution is -0.136. The molecule has 1 aliphatic rings. The molecule has 0 atom stereocenters. The number of hydrogen-bond donors (Lipinski definition) is 2. The molecule has 0 spiro atoms. The van der Waals surface area contributed by atoms with Gasteiger partial charge in [0.05, 0.1) is 6.21 Å². The molecular weight excluding hydrogens is 449 g/mol. The number of rotatable bonds is 3. The molecule has 3 rings (SSSR count). The highest BCUT2D eigenvalue weighted by Crippen LogP contribution is 2.36. The number of nitrogens with one attached hydrogen (secondary N) is 2. The fraction of sp³-hybridized carbons (Fsp3) is 0.0625. The van der Waals surface area contributed by atoms with Crippen molar-refractivity contribution in [2.75, 3.05) is 12.1 Å². The molecule has 0 aromatic heterocycles. The number of anilines is 1. The predicted molar refractivity (Wildman–Crippen MR) is 101 cm³/mol. The third kappa shape index (κ3) is 4.46. The number of ether oxygens (including phenoxy) is 2. The molecule has 0 unspecified atom stereocenters. The van der Waals surface area contributed by atoms with Crippen LogP contribution >= 0.6 is 39.1 Å². The van der Waals surface area contributed by atoms with Crippen LogP contribution < -0.4 is 20.2 Å². The highest BCUT2D eigenvalue weighted by molar-refractivity contribution is 9.10. The fourth-order valence-corrected chi connectivity index (χ4v) is 3.01. The number of hydrazone groups is 1. The van der Waals surface area contributed by atoms with E-state index in [4.69, 9.17) is 32.7 Å². The Morgan fingerprint density at radius 3 is 2.38 bits per heavy atom. The zero-order chi connectivity index (χ0) is 18.7. The van der Waals surface area contributed by atoms with E-state index < -0.39 is 11.8 Å². The van der Waals surface area contributed by atoms with Crippen LogP contribution in [0.3, 0.4) is 0 Å². The Labute approximate surface area is 166 Å². The Balaban J connectivity index is 1.61. The predicted octanol–water partition coefficient (Wildman–Crippen LogP) is 3.57. The van der Waals surface area contributed by atoms with Gasteiger partial charge in [-0.1, -0.05) is 23.2 Å². The van der Waals surface area contributed by atoms with Crippen molar-refractivity contribution in [1.82, 2.24) is 5.43 Å². The van der Waals surface area contributed by atoms with Crippen LogP contribution in [0.1, 0.15) is 5.56 Å². The van der Waals surface area contributed by atoms with E-state index in [1.165, 1.54) is 24.4 Å². The fourth-order valence-electron chi connectivity index (χ4n) is 2.06. The highest BCUT2D eigenvalue weighted by Gasteiger charge is 2.16. The number of nitrogens with zero attached hydrogens (tertiary/aromatic N) is 1. The van der Waals surface area contributed by atoms with Gasteiger partial charge in [-0.3, -0.25) is 9.59 Å². The Morgan fingerprint density at radius 2 is 1.69 bits per heavy atom. The normalized spacial score (nSPS) is 12.3. The first-order valence-corrected chi connectivity index (χ1v) is 8.67. The summed E-state index contributed by atoms with van der Waals surface area (Å²) in [5.74, 6) is -0.686. The molecule has 0 saturated heterocycles. The standard InChI is InChI=1S/C16H10BrCl2N3O4/c17-12-5-14-13(25-7-26-14)1-8(12)6-20-22-16(24)15(23)21-11-3-9(18)2-10(19)4-11/h1-6H,7H2,(H,21,23)(H,22,24)/b20-6-. The molecule has 2 N–H and O–H groups in total. The molecule has 134 valence electrons. The molecule has 0 radical (unpaired) electrons. The van der Waals surface area contributed by atoms with Crippen LogP contribution in [0.15, 0.2) is 39.9 Å². The minimum atomic E-state index is -0.950. The van der Waals surface area contributed by atoms with Crippen molar-refractivity contribution < 1.29 is 19.1 Å². The van der Waals surface area contributed by atoms with E-state index in [9.17, 15) is 9.59 Å². The van der Waals surface area contributed by atoms with E-state index in [1.807, 2.05) is 0 Å². The molecule has 2 aromatic rings. The number of halogens is 3. The summed E-state index contributed by atoms with van der Waals surface area (Å²) in [7, 11) is 0. The van der Waals surface area contributed by atoms with Crippen molar-refractivity contribution in [3.05, 3.63) is 50.4 Å². The molecule has 7 nitrogen and oxygen atoms in total. The molecule has 10 heteroatoms. The third-order valence-corrected chi connectivity index (χ3v) is 4.31. The summed E-state index contributed by atoms with van der Waals surface area (Å²) in [6, 6.07) is 7.85. The Kier molecular flexibility index (Phi) is 5.65. The number of amides is 2. The zero-order valence-electron chi connectivity index (χ0n) is 12.9. The minimum Gasteiger partial charge on any atom is -0.454 e. The maximum absolute atomic E-state index is 11.9.